The van der Waals surface area contributed by atoms with Gasteiger partial charge in [-0.15, -0.1) is 11.3 Å². The first-order valence-electron chi connectivity index (χ1n) is 5.83. The van der Waals surface area contributed by atoms with E-state index in [1.807, 2.05) is 12.1 Å². The molecule has 3 rings (SSSR count). The largest absolute Gasteiger partial charge is 0.463 e. The number of piperazine rings is 1. The highest BCUT2D eigenvalue weighted by Gasteiger charge is 2.13. The minimum Gasteiger partial charge on any atom is -0.463 e. The number of nitrogens with zero attached hydrogens (tertiary/aromatic N) is 2. The van der Waals surface area contributed by atoms with Crippen molar-refractivity contribution in [2.75, 3.05) is 26.2 Å². The zero-order valence-corrected chi connectivity index (χ0v) is 10.4. The Hall–Kier alpha value is -1.17. The van der Waals surface area contributed by atoms with Gasteiger partial charge in [0.1, 0.15) is 10.7 Å². The fourth-order valence-electron chi connectivity index (χ4n) is 1.98. The first kappa shape index (κ1) is 11.0. The highest BCUT2D eigenvalue weighted by Crippen LogP contribution is 2.22. The maximum atomic E-state index is 5.34. The molecule has 1 aliphatic heterocycles. The predicted octanol–water partition coefficient (Wildman–Crippen LogP) is 1.81. The topological polar surface area (TPSA) is 41.3 Å². The SMILES string of the molecule is c1coc(-c2csc(CN3CCNCC3)n2)c1. The van der Waals surface area contributed by atoms with Crippen molar-refractivity contribution in [3.05, 3.63) is 28.8 Å². The number of hydrogen-bond acceptors (Lipinski definition) is 5. The fraction of sp³-hybridized carbons (Fsp3) is 0.417. The molecule has 3 heterocycles. The van der Waals surface area contributed by atoms with Crippen LogP contribution in [-0.4, -0.2) is 36.1 Å². The average molecular weight is 249 g/mol. The van der Waals surface area contributed by atoms with Gasteiger partial charge < -0.3 is 9.73 Å². The van der Waals surface area contributed by atoms with Gasteiger partial charge in [0.25, 0.3) is 0 Å². The number of nitrogens with one attached hydrogen (secondary N) is 1. The molecule has 0 bridgehead atoms. The molecule has 4 nitrogen and oxygen atoms in total. The Labute approximate surface area is 104 Å². The molecule has 1 fully saturated rings. The molecule has 0 atom stereocenters. The van der Waals surface area contributed by atoms with Crippen molar-refractivity contribution in [2.24, 2.45) is 0 Å². The minimum absolute atomic E-state index is 0.854. The van der Waals surface area contributed by atoms with Gasteiger partial charge in [0.2, 0.25) is 0 Å². The quantitative estimate of drug-likeness (QED) is 0.900. The molecular formula is C12H15N3OS. The predicted molar refractivity (Wildman–Crippen MR) is 68.0 cm³/mol. The van der Waals surface area contributed by atoms with Gasteiger partial charge >= 0.3 is 0 Å². The third-order valence-electron chi connectivity index (χ3n) is 2.89. The van der Waals surface area contributed by atoms with Crippen LogP contribution in [0.1, 0.15) is 5.01 Å². The molecule has 1 saturated heterocycles. The number of thiazole rings is 1. The summed E-state index contributed by atoms with van der Waals surface area (Å²) in [4.78, 5) is 7.04. The summed E-state index contributed by atoms with van der Waals surface area (Å²) >= 11 is 1.71. The third-order valence-corrected chi connectivity index (χ3v) is 3.73. The van der Waals surface area contributed by atoms with E-state index in [0.717, 1.165) is 44.2 Å². The molecule has 17 heavy (non-hydrogen) atoms. The highest BCUT2D eigenvalue weighted by atomic mass is 32.1. The lowest BCUT2D eigenvalue weighted by Gasteiger charge is -2.26. The lowest BCUT2D eigenvalue weighted by molar-refractivity contribution is 0.233. The van der Waals surface area contributed by atoms with Crippen LogP contribution in [0.25, 0.3) is 11.5 Å². The van der Waals surface area contributed by atoms with Crippen LogP contribution in [0.3, 0.4) is 0 Å². The molecule has 2 aromatic rings. The molecule has 0 aromatic carbocycles. The summed E-state index contributed by atoms with van der Waals surface area (Å²) < 4.78 is 5.34. The van der Waals surface area contributed by atoms with Crippen molar-refractivity contribution >= 4 is 11.3 Å². The molecule has 1 aliphatic rings. The van der Waals surface area contributed by atoms with E-state index in [0.29, 0.717) is 0 Å². The van der Waals surface area contributed by atoms with Crippen LogP contribution < -0.4 is 5.32 Å². The molecule has 90 valence electrons. The summed E-state index contributed by atoms with van der Waals surface area (Å²) in [6.07, 6.45) is 1.69. The van der Waals surface area contributed by atoms with Gasteiger partial charge in [-0.1, -0.05) is 0 Å². The summed E-state index contributed by atoms with van der Waals surface area (Å²) in [5.74, 6) is 0.854. The first-order valence-corrected chi connectivity index (χ1v) is 6.71. The van der Waals surface area contributed by atoms with Crippen LogP contribution in [0.15, 0.2) is 28.2 Å². The zero-order valence-electron chi connectivity index (χ0n) is 9.56. The van der Waals surface area contributed by atoms with Gasteiger partial charge in [0.15, 0.2) is 5.76 Å². The maximum Gasteiger partial charge on any atom is 0.153 e. The Morgan fingerprint density at radius 2 is 2.29 bits per heavy atom. The van der Waals surface area contributed by atoms with Crippen molar-refractivity contribution in [3.8, 4) is 11.5 Å². The van der Waals surface area contributed by atoms with E-state index in [1.165, 1.54) is 5.01 Å². The average Bonchev–Trinajstić information content (AvgIpc) is 3.00. The van der Waals surface area contributed by atoms with E-state index in [1.54, 1.807) is 17.6 Å². The van der Waals surface area contributed by atoms with E-state index in [-0.39, 0.29) is 0 Å². The molecule has 0 unspecified atom stereocenters. The summed E-state index contributed by atoms with van der Waals surface area (Å²) in [6, 6.07) is 3.84. The van der Waals surface area contributed by atoms with E-state index >= 15 is 0 Å². The number of rotatable bonds is 3. The van der Waals surface area contributed by atoms with Crippen LogP contribution in [0, 0.1) is 0 Å². The first-order chi connectivity index (χ1) is 8.42. The maximum absolute atomic E-state index is 5.34. The lowest BCUT2D eigenvalue weighted by atomic mass is 10.3. The lowest BCUT2D eigenvalue weighted by Crippen LogP contribution is -2.42. The third kappa shape index (κ3) is 2.57. The van der Waals surface area contributed by atoms with E-state index in [4.69, 9.17) is 4.42 Å². The molecule has 2 aromatic heterocycles. The van der Waals surface area contributed by atoms with Crippen LogP contribution in [-0.2, 0) is 6.54 Å². The van der Waals surface area contributed by atoms with Crippen molar-refractivity contribution < 1.29 is 4.42 Å². The second-order valence-corrected chi connectivity index (χ2v) is 5.07. The van der Waals surface area contributed by atoms with Crippen molar-refractivity contribution in [3.63, 3.8) is 0 Å². The summed E-state index contributed by atoms with van der Waals surface area (Å²) in [6.45, 7) is 5.32. The summed E-state index contributed by atoms with van der Waals surface area (Å²) in [5.41, 5.74) is 0.949. The van der Waals surface area contributed by atoms with Gasteiger partial charge in [0.05, 0.1) is 12.8 Å². The van der Waals surface area contributed by atoms with Crippen molar-refractivity contribution in [1.29, 1.82) is 0 Å². The molecule has 0 aliphatic carbocycles. The Morgan fingerprint density at radius 3 is 3.06 bits per heavy atom. The van der Waals surface area contributed by atoms with E-state index < -0.39 is 0 Å². The number of aromatic nitrogens is 1. The van der Waals surface area contributed by atoms with Gasteiger partial charge in [-0.25, -0.2) is 4.98 Å². The van der Waals surface area contributed by atoms with Crippen LogP contribution >= 0.6 is 11.3 Å². The smallest absolute Gasteiger partial charge is 0.153 e. The normalized spacial score (nSPS) is 17.4. The van der Waals surface area contributed by atoms with Crippen LogP contribution in [0.4, 0.5) is 0 Å². The number of hydrogen-bond donors (Lipinski definition) is 1. The number of furan rings is 1. The van der Waals surface area contributed by atoms with Crippen molar-refractivity contribution in [2.45, 2.75) is 6.54 Å². The molecular weight excluding hydrogens is 234 g/mol. The van der Waals surface area contributed by atoms with Gasteiger partial charge in [0, 0.05) is 31.6 Å². The van der Waals surface area contributed by atoms with E-state index in [2.05, 4.69) is 20.6 Å². The Morgan fingerprint density at radius 1 is 1.41 bits per heavy atom. The van der Waals surface area contributed by atoms with Crippen LogP contribution in [0.5, 0.6) is 0 Å². The molecule has 0 amide bonds. The Kier molecular flexibility index (Phi) is 3.22. The fourth-order valence-corrected chi connectivity index (χ4v) is 2.81. The molecule has 0 spiro atoms. The monoisotopic (exact) mass is 249 g/mol. The minimum atomic E-state index is 0.854. The Bertz CT molecular complexity index is 460. The second kappa shape index (κ2) is 5.00. The molecule has 1 N–H and O–H groups in total. The Balaban J connectivity index is 1.68. The molecule has 5 heteroatoms. The van der Waals surface area contributed by atoms with Crippen LogP contribution in [0.2, 0.25) is 0 Å². The van der Waals surface area contributed by atoms with Gasteiger partial charge in [-0.05, 0) is 12.1 Å². The zero-order chi connectivity index (χ0) is 11.5. The highest BCUT2D eigenvalue weighted by molar-refractivity contribution is 7.09. The van der Waals surface area contributed by atoms with Gasteiger partial charge in [-0.2, -0.15) is 0 Å². The van der Waals surface area contributed by atoms with Gasteiger partial charge in [-0.3, -0.25) is 4.90 Å². The van der Waals surface area contributed by atoms with E-state index in [9.17, 15) is 0 Å². The summed E-state index contributed by atoms with van der Waals surface area (Å²) in [5, 5.41) is 6.59. The molecule has 0 saturated carbocycles. The summed E-state index contributed by atoms with van der Waals surface area (Å²) in [7, 11) is 0. The second-order valence-electron chi connectivity index (χ2n) is 4.13. The molecule has 0 radical (unpaired) electrons. The van der Waals surface area contributed by atoms with Crippen molar-refractivity contribution in [1.82, 2.24) is 15.2 Å². The standard InChI is InChI=1S/C12H15N3OS/c1-2-11(16-7-1)10-9-17-12(14-10)8-15-5-3-13-4-6-15/h1-2,7,9,13H,3-6,8H2.